The number of benzene rings is 1. The van der Waals surface area contributed by atoms with Crippen molar-refractivity contribution in [2.24, 2.45) is 0 Å². The predicted octanol–water partition coefficient (Wildman–Crippen LogP) is 2.56. The van der Waals surface area contributed by atoms with Gasteiger partial charge in [-0.15, -0.1) is 0 Å². The van der Waals surface area contributed by atoms with Crippen LogP contribution in [0.2, 0.25) is 0 Å². The average molecular weight is 311 g/mol. The number of halogens is 1. The number of para-hydroxylation sites is 1. The third-order valence-corrected chi connectivity index (χ3v) is 3.74. The molecular weight excluding hydrogens is 292 g/mol. The molecule has 0 radical (unpaired) electrons. The number of anilines is 1. The Morgan fingerprint density at radius 2 is 1.94 bits per heavy atom. The van der Waals surface area contributed by atoms with E-state index >= 15 is 0 Å². The number of alkyl halides is 1. The third-order valence-electron chi connectivity index (χ3n) is 3.32. The molecule has 4 heteroatoms. The number of hydrogen-bond acceptors (Lipinski definition) is 2. The van der Waals surface area contributed by atoms with Gasteiger partial charge in [-0.1, -0.05) is 34.1 Å². The molecule has 0 aromatic heterocycles. The summed E-state index contributed by atoms with van der Waals surface area (Å²) in [4.78, 5) is 13.9. The second-order valence-corrected chi connectivity index (χ2v) is 6.09. The van der Waals surface area contributed by atoms with Crippen LogP contribution in [0.1, 0.15) is 19.8 Å². The molecule has 1 aliphatic heterocycles. The molecule has 18 heavy (non-hydrogen) atoms. The van der Waals surface area contributed by atoms with E-state index in [1.807, 2.05) is 13.0 Å². The fraction of sp³-hybridized carbons (Fsp3) is 0.500. The Kier molecular flexibility index (Phi) is 4.64. The summed E-state index contributed by atoms with van der Waals surface area (Å²) in [7, 11) is 0. The lowest BCUT2D eigenvalue weighted by Gasteiger charge is -2.34. The number of carbonyl (C=O) groups is 1. The van der Waals surface area contributed by atoms with Crippen molar-refractivity contribution >= 4 is 27.5 Å². The van der Waals surface area contributed by atoms with Crippen molar-refractivity contribution in [3.8, 4) is 0 Å². The fourth-order valence-electron chi connectivity index (χ4n) is 2.24. The van der Waals surface area contributed by atoms with E-state index in [4.69, 9.17) is 0 Å². The number of hydrogen-bond donors (Lipinski definition) is 1. The van der Waals surface area contributed by atoms with Crippen molar-refractivity contribution in [2.75, 3.05) is 18.0 Å². The molecule has 1 saturated heterocycles. The van der Waals surface area contributed by atoms with E-state index in [-0.39, 0.29) is 10.7 Å². The van der Waals surface area contributed by atoms with Crippen LogP contribution in [-0.4, -0.2) is 29.9 Å². The molecule has 0 saturated carbocycles. The highest BCUT2D eigenvalue weighted by molar-refractivity contribution is 9.10. The van der Waals surface area contributed by atoms with Crippen molar-refractivity contribution in [2.45, 2.75) is 30.6 Å². The molecular formula is C14H19BrN2O. The first-order valence-electron chi connectivity index (χ1n) is 6.41. The summed E-state index contributed by atoms with van der Waals surface area (Å²) in [6, 6.07) is 10.8. The van der Waals surface area contributed by atoms with Crippen LogP contribution >= 0.6 is 15.9 Å². The van der Waals surface area contributed by atoms with Crippen LogP contribution in [0.3, 0.4) is 0 Å². The van der Waals surface area contributed by atoms with Gasteiger partial charge in [-0.05, 0) is 31.9 Å². The highest BCUT2D eigenvalue weighted by atomic mass is 79.9. The Morgan fingerprint density at radius 3 is 2.50 bits per heavy atom. The van der Waals surface area contributed by atoms with Gasteiger partial charge in [0, 0.05) is 24.8 Å². The van der Waals surface area contributed by atoms with E-state index in [1.165, 1.54) is 5.69 Å². The molecule has 2 rings (SSSR count). The minimum atomic E-state index is -0.107. The first kappa shape index (κ1) is 13.4. The minimum Gasteiger partial charge on any atom is -0.371 e. The fourth-order valence-corrected chi connectivity index (χ4v) is 2.37. The molecule has 1 atom stereocenters. The smallest absolute Gasteiger partial charge is 0.233 e. The van der Waals surface area contributed by atoms with Crippen molar-refractivity contribution in [1.82, 2.24) is 5.32 Å². The van der Waals surface area contributed by atoms with Crippen LogP contribution in [0.4, 0.5) is 5.69 Å². The zero-order valence-corrected chi connectivity index (χ0v) is 12.2. The Hall–Kier alpha value is -1.03. The number of nitrogens with zero attached hydrogens (tertiary/aromatic N) is 1. The van der Waals surface area contributed by atoms with Crippen LogP contribution in [0.25, 0.3) is 0 Å². The van der Waals surface area contributed by atoms with Crippen LogP contribution in [-0.2, 0) is 4.79 Å². The number of carbonyl (C=O) groups excluding carboxylic acids is 1. The van der Waals surface area contributed by atoms with E-state index in [9.17, 15) is 4.79 Å². The van der Waals surface area contributed by atoms with Gasteiger partial charge in [0.1, 0.15) is 0 Å². The topological polar surface area (TPSA) is 32.3 Å². The van der Waals surface area contributed by atoms with Crippen LogP contribution in [0.5, 0.6) is 0 Å². The summed E-state index contributed by atoms with van der Waals surface area (Å²) in [6.07, 6.45) is 2.03. The van der Waals surface area contributed by atoms with Gasteiger partial charge in [-0.2, -0.15) is 0 Å². The molecule has 0 spiro atoms. The maximum absolute atomic E-state index is 11.6. The average Bonchev–Trinajstić information content (AvgIpc) is 2.40. The highest BCUT2D eigenvalue weighted by Gasteiger charge is 2.21. The summed E-state index contributed by atoms with van der Waals surface area (Å²) in [6.45, 7) is 3.87. The Balaban J connectivity index is 1.83. The van der Waals surface area contributed by atoms with E-state index in [1.54, 1.807) is 0 Å². The quantitative estimate of drug-likeness (QED) is 0.870. The van der Waals surface area contributed by atoms with Gasteiger partial charge in [0.2, 0.25) is 5.91 Å². The number of amides is 1. The van der Waals surface area contributed by atoms with Gasteiger partial charge in [-0.25, -0.2) is 0 Å². The predicted molar refractivity (Wildman–Crippen MR) is 78.2 cm³/mol. The molecule has 98 valence electrons. The number of rotatable bonds is 3. The monoisotopic (exact) mass is 310 g/mol. The van der Waals surface area contributed by atoms with Crippen molar-refractivity contribution in [3.05, 3.63) is 30.3 Å². The largest absolute Gasteiger partial charge is 0.371 e. The molecule has 1 amide bonds. The van der Waals surface area contributed by atoms with Crippen molar-refractivity contribution < 1.29 is 4.79 Å². The van der Waals surface area contributed by atoms with Gasteiger partial charge in [0.05, 0.1) is 4.83 Å². The van der Waals surface area contributed by atoms with Gasteiger partial charge in [-0.3, -0.25) is 4.79 Å². The molecule has 1 aliphatic rings. The molecule has 3 nitrogen and oxygen atoms in total. The van der Waals surface area contributed by atoms with Crippen LogP contribution in [0.15, 0.2) is 30.3 Å². The lowest BCUT2D eigenvalue weighted by Crippen LogP contribution is -2.46. The SMILES string of the molecule is CC(Br)C(=O)NC1CCN(c2ccccc2)CC1. The van der Waals surface area contributed by atoms with Crippen LogP contribution in [0, 0.1) is 0 Å². The molecule has 1 fully saturated rings. The van der Waals surface area contributed by atoms with Crippen molar-refractivity contribution in [3.63, 3.8) is 0 Å². The van der Waals surface area contributed by atoms with Crippen molar-refractivity contribution in [1.29, 1.82) is 0 Å². The zero-order chi connectivity index (χ0) is 13.0. The maximum Gasteiger partial charge on any atom is 0.233 e. The highest BCUT2D eigenvalue weighted by Crippen LogP contribution is 2.19. The van der Waals surface area contributed by atoms with E-state index < -0.39 is 0 Å². The van der Waals surface area contributed by atoms with E-state index in [0.29, 0.717) is 6.04 Å². The van der Waals surface area contributed by atoms with E-state index in [0.717, 1.165) is 25.9 Å². The third kappa shape index (κ3) is 3.48. The summed E-state index contributed by atoms with van der Waals surface area (Å²) in [5.41, 5.74) is 1.27. The van der Waals surface area contributed by atoms with Gasteiger partial charge >= 0.3 is 0 Å². The van der Waals surface area contributed by atoms with Gasteiger partial charge in [0.25, 0.3) is 0 Å². The molecule has 0 aliphatic carbocycles. The summed E-state index contributed by atoms with van der Waals surface area (Å²) in [5.74, 6) is 0.0909. The minimum absolute atomic E-state index is 0.0909. The lowest BCUT2D eigenvalue weighted by atomic mass is 10.0. The Bertz CT molecular complexity index is 386. The first-order valence-corrected chi connectivity index (χ1v) is 7.33. The summed E-state index contributed by atoms with van der Waals surface area (Å²) < 4.78 is 0. The van der Waals surface area contributed by atoms with E-state index in [2.05, 4.69) is 50.4 Å². The number of nitrogens with one attached hydrogen (secondary N) is 1. The standard InChI is InChI=1S/C14H19BrN2O/c1-11(15)14(18)16-12-7-9-17(10-8-12)13-5-3-2-4-6-13/h2-6,11-12H,7-10H2,1H3,(H,16,18). The number of piperidine rings is 1. The zero-order valence-electron chi connectivity index (χ0n) is 10.6. The molecule has 1 aromatic rings. The molecule has 0 bridgehead atoms. The second-order valence-electron chi connectivity index (χ2n) is 4.72. The Labute approximate surface area is 117 Å². The normalized spacial score (nSPS) is 18.4. The van der Waals surface area contributed by atoms with Crippen LogP contribution < -0.4 is 10.2 Å². The first-order chi connectivity index (χ1) is 8.66. The molecule has 1 heterocycles. The maximum atomic E-state index is 11.6. The second kappa shape index (κ2) is 6.23. The molecule has 1 N–H and O–H groups in total. The Morgan fingerprint density at radius 1 is 1.33 bits per heavy atom. The van der Waals surface area contributed by atoms with Gasteiger partial charge in [0.15, 0.2) is 0 Å². The van der Waals surface area contributed by atoms with Gasteiger partial charge < -0.3 is 10.2 Å². The summed E-state index contributed by atoms with van der Waals surface area (Å²) in [5, 5.41) is 3.08. The summed E-state index contributed by atoms with van der Waals surface area (Å²) >= 11 is 3.29. The molecule has 1 unspecified atom stereocenters. The lowest BCUT2D eigenvalue weighted by molar-refractivity contribution is -0.121. The molecule has 1 aromatic carbocycles.